The summed E-state index contributed by atoms with van der Waals surface area (Å²) in [5.41, 5.74) is -0.169. The summed E-state index contributed by atoms with van der Waals surface area (Å²) in [6.07, 6.45) is -2.92. The average Bonchev–Trinajstić information content (AvgIpc) is 3.11. The van der Waals surface area contributed by atoms with Gasteiger partial charge in [-0.1, -0.05) is 12.1 Å². The predicted molar refractivity (Wildman–Crippen MR) is 101 cm³/mol. The van der Waals surface area contributed by atoms with Crippen LogP contribution in [0.1, 0.15) is 17.0 Å². The minimum Gasteiger partial charge on any atom is -0.350 e. The molecule has 4 aromatic rings. The molecule has 0 aliphatic heterocycles. The fraction of sp³-hybridized carbons (Fsp3) is 0.211. The number of benzene rings is 1. The molecule has 8 nitrogen and oxygen atoms in total. The Morgan fingerprint density at radius 1 is 1.13 bits per heavy atom. The number of hydrogen-bond acceptors (Lipinski definition) is 5. The van der Waals surface area contributed by atoms with Crippen molar-refractivity contribution in [3.8, 4) is 0 Å². The first-order valence-electron chi connectivity index (χ1n) is 8.88. The Morgan fingerprint density at radius 3 is 2.70 bits per heavy atom. The summed E-state index contributed by atoms with van der Waals surface area (Å²) >= 11 is 0. The SMILES string of the molecule is Cc1nnc2c(=O)n(CC(=O)NCc3cccc(C(F)(F)F)c3)c3cccnc3n12. The number of nitrogens with zero attached hydrogens (tertiary/aromatic N) is 5. The van der Waals surface area contributed by atoms with Crippen LogP contribution in [-0.4, -0.2) is 30.1 Å². The van der Waals surface area contributed by atoms with Crippen LogP contribution in [0.4, 0.5) is 13.2 Å². The van der Waals surface area contributed by atoms with Crippen LogP contribution >= 0.6 is 0 Å². The van der Waals surface area contributed by atoms with Crippen LogP contribution in [0.3, 0.4) is 0 Å². The van der Waals surface area contributed by atoms with Crippen LogP contribution in [0.2, 0.25) is 0 Å². The topological polar surface area (TPSA) is 94.2 Å². The van der Waals surface area contributed by atoms with Crippen LogP contribution in [0.25, 0.3) is 16.8 Å². The standard InChI is InChI=1S/C19H15F3N6O2/c1-11-25-26-17-18(30)27(14-6-3-7-23-16(14)28(11)17)10-15(29)24-9-12-4-2-5-13(8-12)19(20,21)22/h2-8H,9-10H2,1H3,(H,24,29). The summed E-state index contributed by atoms with van der Waals surface area (Å²) in [6, 6.07) is 7.95. The van der Waals surface area contributed by atoms with Gasteiger partial charge in [-0.2, -0.15) is 13.2 Å². The lowest BCUT2D eigenvalue weighted by Gasteiger charge is -2.12. The fourth-order valence-corrected chi connectivity index (χ4v) is 3.17. The quantitative estimate of drug-likeness (QED) is 0.550. The van der Waals surface area contributed by atoms with Gasteiger partial charge in [0.05, 0.1) is 11.1 Å². The maximum Gasteiger partial charge on any atom is 0.416 e. The number of pyridine rings is 1. The minimum atomic E-state index is -4.47. The number of alkyl halides is 3. The molecule has 30 heavy (non-hydrogen) atoms. The van der Waals surface area contributed by atoms with Crippen molar-refractivity contribution >= 4 is 22.7 Å². The first-order chi connectivity index (χ1) is 14.3. The molecule has 0 unspecified atom stereocenters. The van der Waals surface area contributed by atoms with E-state index in [1.54, 1.807) is 25.3 Å². The molecular weight excluding hydrogens is 401 g/mol. The molecule has 4 rings (SSSR count). The first-order valence-corrected chi connectivity index (χ1v) is 8.88. The lowest BCUT2D eigenvalue weighted by atomic mass is 10.1. The van der Waals surface area contributed by atoms with Crippen LogP contribution in [0.5, 0.6) is 0 Å². The van der Waals surface area contributed by atoms with Crippen molar-refractivity contribution in [2.75, 3.05) is 0 Å². The molecule has 1 N–H and O–H groups in total. The van der Waals surface area contributed by atoms with E-state index in [0.29, 0.717) is 22.6 Å². The number of aromatic nitrogens is 5. The van der Waals surface area contributed by atoms with Crippen molar-refractivity contribution in [3.05, 3.63) is 69.9 Å². The van der Waals surface area contributed by atoms with Crippen LogP contribution in [0, 0.1) is 6.92 Å². The lowest BCUT2D eigenvalue weighted by molar-refractivity contribution is -0.137. The average molecular weight is 416 g/mol. The number of carbonyl (C=O) groups excluding carboxylic acids is 1. The summed E-state index contributed by atoms with van der Waals surface area (Å²) in [6.45, 7) is 1.22. The molecule has 0 saturated carbocycles. The number of fused-ring (bicyclic) bond motifs is 3. The van der Waals surface area contributed by atoms with E-state index in [-0.39, 0.29) is 18.7 Å². The van der Waals surface area contributed by atoms with E-state index >= 15 is 0 Å². The third kappa shape index (κ3) is 3.49. The van der Waals surface area contributed by atoms with E-state index in [9.17, 15) is 22.8 Å². The van der Waals surface area contributed by atoms with Gasteiger partial charge in [-0.3, -0.25) is 18.6 Å². The van der Waals surface area contributed by atoms with E-state index in [2.05, 4.69) is 20.5 Å². The van der Waals surface area contributed by atoms with Gasteiger partial charge < -0.3 is 5.32 Å². The smallest absolute Gasteiger partial charge is 0.350 e. The van der Waals surface area contributed by atoms with Crippen LogP contribution < -0.4 is 10.9 Å². The molecule has 1 aromatic carbocycles. The Kier molecular flexibility index (Phi) is 4.72. The molecule has 0 radical (unpaired) electrons. The van der Waals surface area contributed by atoms with Crippen LogP contribution in [-0.2, 0) is 24.1 Å². The number of carbonyl (C=O) groups is 1. The zero-order valence-corrected chi connectivity index (χ0v) is 15.6. The van der Waals surface area contributed by atoms with E-state index < -0.39 is 23.2 Å². The summed E-state index contributed by atoms with van der Waals surface area (Å²) in [5, 5.41) is 10.3. The predicted octanol–water partition coefficient (Wildman–Crippen LogP) is 2.08. The van der Waals surface area contributed by atoms with Gasteiger partial charge in [0, 0.05) is 12.7 Å². The van der Waals surface area contributed by atoms with Crippen LogP contribution in [0.15, 0.2) is 47.4 Å². The highest BCUT2D eigenvalue weighted by molar-refractivity contribution is 5.80. The fourth-order valence-electron chi connectivity index (χ4n) is 3.17. The Bertz CT molecular complexity index is 1330. The van der Waals surface area contributed by atoms with Crippen molar-refractivity contribution < 1.29 is 18.0 Å². The second-order valence-electron chi connectivity index (χ2n) is 6.62. The highest BCUT2D eigenvalue weighted by atomic mass is 19.4. The number of halogens is 3. The Morgan fingerprint density at radius 2 is 1.93 bits per heavy atom. The zero-order valence-electron chi connectivity index (χ0n) is 15.6. The molecule has 3 heterocycles. The largest absolute Gasteiger partial charge is 0.416 e. The minimum absolute atomic E-state index is 0.0318. The van der Waals surface area contributed by atoms with Gasteiger partial charge in [-0.05, 0) is 36.8 Å². The van der Waals surface area contributed by atoms with Crippen molar-refractivity contribution in [3.63, 3.8) is 0 Å². The zero-order chi connectivity index (χ0) is 21.5. The van der Waals surface area contributed by atoms with Gasteiger partial charge in [0.1, 0.15) is 12.4 Å². The van der Waals surface area contributed by atoms with Crippen molar-refractivity contribution in [1.29, 1.82) is 0 Å². The van der Waals surface area contributed by atoms with Gasteiger partial charge in [0.25, 0.3) is 5.56 Å². The number of amides is 1. The van der Waals surface area contributed by atoms with Gasteiger partial charge in [-0.25, -0.2) is 4.98 Å². The molecule has 0 bridgehead atoms. The monoisotopic (exact) mass is 416 g/mol. The van der Waals surface area contributed by atoms with E-state index in [4.69, 9.17) is 0 Å². The lowest BCUT2D eigenvalue weighted by Crippen LogP contribution is -2.33. The maximum absolute atomic E-state index is 12.8. The molecule has 11 heteroatoms. The number of hydrogen-bond donors (Lipinski definition) is 1. The Hall–Kier alpha value is -3.76. The van der Waals surface area contributed by atoms with E-state index in [1.807, 2.05) is 0 Å². The Balaban J connectivity index is 1.61. The molecule has 0 fully saturated rings. The van der Waals surface area contributed by atoms with Crippen molar-refractivity contribution in [2.24, 2.45) is 0 Å². The number of aryl methyl sites for hydroxylation is 1. The summed E-state index contributed by atoms with van der Waals surface area (Å²) in [4.78, 5) is 29.5. The van der Waals surface area contributed by atoms with Gasteiger partial charge in [-0.15, -0.1) is 10.2 Å². The number of nitrogens with one attached hydrogen (secondary N) is 1. The highest BCUT2D eigenvalue weighted by Gasteiger charge is 2.30. The van der Waals surface area contributed by atoms with E-state index in [0.717, 1.165) is 12.1 Å². The second kappa shape index (κ2) is 7.25. The van der Waals surface area contributed by atoms with E-state index in [1.165, 1.54) is 21.1 Å². The van der Waals surface area contributed by atoms with Crippen molar-refractivity contribution in [2.45, 2.75) is 26.2 Å². The molecule has 0 aliphatic carbocycles. The molecule has 1 amide bonds. The number of rotatable bonds is 4. The van der Waals surface area contributed by atoms with Gasteiger partial charge in [0.2, 0.25) is 11.6 Å². The first kappa shape index (κ1) is 19.6. The third-order valence-corrected chi connectivity index (χ3v) is 4.58. The van der Waals surface area contributed by atoms with Gasteiger partial charge >= 0.3 is 6.18 Å². The normalized spacial score (nSPS) is 11.9. The molecule has 3 aromatic heterocycles. The Labute approximate surface area is 167 Å². The second-order valence-corrected chi connectivity index (χ2v) is 6.62. The summed E-state index contributed by atoms with van der Waals surface area (Å²) in [7, 11) is 0. The summed E-state index contributed by atoms with van der Waals surface area (Å²) in [5.74, 6) is -0.0628. The molecule has 154 valence electrons. The maximum atomic E-state index is 12.8. The molecule has 0 saturated heterocycles. The highest BCUT2D eigenvalue weighted by Crippen LogP contribution is 2.29. The molecular formula is C19H15F3N6O2. The molecule has 0 aliphatic rings. The van der Waals surface area contributed by atoms with Gasteiger partial charge in [0.15, 0.2) is 5.65 Å². The summed E-state index contributed by atoms with van der Waals surface area (Å²) < 4.78 is 41.2. The molecule has 0 atom stereocenters. The molecule has 0 spiro atoms. The van der Waals surface area contributed by atoms with Crippen molar-refractivity contribution in [1.82, 2.24) is 29.5 Å². The third-order valence-electron chi connectivity index (χ3n) is 4.58.